The van der Waals surface area contributed by atoms with Crippen LogP contribution in [0.5, 0.6) is 0 Å². The average Bonchev–Trinajstić information content (AvgIpc) is 3.26. The highest BCUT2D eigenvalue weighted by Crippen LogP contribution is 2.37. The second-order valence-corrected chi connectivity index (χ2v) is 9.66. The normalized spacial score (nSPS) is 15.4. The van der Waals surface area contributed by atoms with Gasteiger partial charge in [0.15, 0.2) is 11.3 Å². The number of halogens is 2. The van der Waals surface area contributed by atoms with E-state index in [0.717, 1.165) is 41.4 Å². The van der Waals surface area contributed by atoms with Gasteiger partial charge in [-0.2, -0.15) is 10.1 Å². The highest BCUT2D eigenvalue weighted by Gasteiger charge is 2.44. The molecule has 1 aromatic carbocycles. The summed E-state index contributed by atoms with van der Waals surface area (Å²) in [5.74, 6) is -1.76. The summed E-state index contributed by atoms with van der Waals surface area (Å²) in [4.78, 5) is 15.4. The van der Waals surface area contributed by atoms with E-state index < -0.39 is 5.92 Å². The zero-order chi connectivity index (χ0) is 26.0. The fourth-order valence-corrected chi connectivity index (χ4v) is 4.86. The van der Waals surface area contributed by atoms with Crippen LogP contribution >= 0.6 is 0 Å². The van der Waals surface area contributed by atoms with Crippen molar-refractivity contribution in [2.75, 3.05) is 30.3 Å². The van der Waals surface area contributed by atoms with Gasteiger partial charge in [-0.25, -0.2) is 13.8 Å². The molecule has 1 aliphatic carbocycles. The van der Waals surface area contributed by atoms with Gasteiger partial charge in [-0.1, -0.05) is 31.5 Å². The lowest BCUT2D eigenvalue weighted by molar-refractivity contribution is -0.0929. The van der Waals surface area contributed by atoms with Gasteiger partial charge in [0.05, 0.1) is 24.9 Å². The molecule has 0 atom stereocenters. The van der Waals surface area contributed by atoms with E-state index in [2.05, 4.69) is 27.2 Å². The second kappa shape index (κ2) is 10.5. The lowest BCUT2D eigenvalue weighted by Gasteiger charge is -2.35. The molecule has 0 aliphatic heterocycles. The quantitative estimate of drug-likeness (QED) is 0.281. The number of unbranched alkanes of at least 4 members (excludes halogenated alkanes) is 1. The average molecular weight is 511 g/mol. The molecule has 1 saturated carbocycles. The summed E-state index contributed by atoms with van der Waals surface area (Å²) in [5.41, 5.74) is 10.1. The van der Waals surface area contributed by atoms with Crippen molar-refractivity contribution in [2.45, 2.75) is 57.7 Å². The van der Waals surface area contributed by atoms with Gasteiger partial charge in [0, 0.05) is 50.1 Å². The van der Waals surface area contributed by atoms with Crippen molar-refractivity contribution in [3.63, 3.8) is 0 Å². The molecule has 196 valence electrons. The van der Waals surface area contributed by atoms with Crippen molar-refractivity contribution in [3.8, 4) is 0 Å². The summed E-state index contributed by atoms with van der Waals surface area (Å²) >= 11 is 0. The molecule has 1 aliphatic rings. The molecule has 3 heterocycles. The minimum Gasteiger partial charge on any atom is -0.395 e. The monoisotopic (exact) mass is 510 g/mol. The number of aliphatic hydroxyl groups excluding tert-OH is 1. The van der Waals surface area contributed by atoms with Crippen LogP contribution in [0.25, 0.3) is 21.9 Å². The first-order chi connectivity index (χ1) is 17.9. The molecular formula is C26H32F2N8O. The Hall–Kier alpha value is -3.44. The molecule has 0 amide bonds. The first-order valence-electron chi connectivity index (χ1n) is 12.7. The van der Waals surface area contributed by atoms with Gasteiger partial charge in [0.1, 0.15) is 5.52 Å². The standard InChI is InChI=1S/C26H32F2N8O/c1-2-3-9-35(10-11-37)24-23-21(32-25(29)33-24)16-36(34-23)15-18-7-6-17(20-5-4-8-30-22(18)20)14-31-19-12-26(27,28)13-19/h4-8,16,19,31,37H,2-3,9-15H2,1H3,(H2,29,32). The number of nitrogen functional groups attached to an aromatic ring is 1. The largest absolute Gasteiger partial charge is 0.395 e. The zero-order valence-electron chi connectivity index (χ0n) is 20.9. The summed E-state index contributed by atoms with van der Waals surface area (Å²) in [5, 5.41) is 18.6. The van der Waals surface area contributed by atoms with E-state index in [9.17, 15) is 13.9 Å². The lowest BCUT2D eigenvalue weighted by atomic mass is 9.88. The predicted molar refractivity (Wildman–Crippen MR) is 140 cm³/mol. The predicted octanol–water partition coefficient (Wildman–Crippen LogP) is 3.49. The number of hydrogen-bond donors (Lipinski definition) is 3. The molecule has 0 bridgehead atoms. The smallest absolute Gasteiger partial charge is 0.251 e. The van der Waals surface area contributed by atoms with Crippen molar-refractivity contribution in [3.05, 3.63) is 47.8 Å². The van der Waals surface area contributed by atoms with E-state index >= 15 is 0 Å². The molecule has 1 fully saturated rings. The van der Waals surface area contributed by atoms with E-state index in [1.165, 1.54) is 0 Å². The van der Waals surface area contributed by atoms with Gasteiger partial charge in [-0.05, 0) is 23.6 Å². The summed E-state index contributed by atoms with van der Waals surface area (Å²) in [7, 11) is 0. The third-order valence-electron chi connectivity index (χ3n) is 6.81. The topological polar surface area (TPSA) is 118 Å². The number of fused-ring (bicyclic) bond motifs is 2. The van der Waals surface area contributed by atoms with Crippen LogP contribution in [0.4, 0.5) is 20.5 Å². The highest BCUT2D eigenvalue weighted by atomic mass is 19.3. The molecule has 11 heteroatoms. The van der Waals surface area contributed by atoms with E-state index in [1.807, 2.05) is 35.4 Å². The molecule has 0 unspecified atom stereocenters. The Bertz CT molecular complexity index is 1380. The van der Waals surface area contributed by atoms with Crippen LogP contribution in [0.2, 0.25) is 0 Å². The maximum atomic E-state index is 13.2. The Kier molecular flexibility index (Phi) is 7.16. The number of aromatic nitrogens is 5. The lowest BCUT2D eigenvalue weighted by Crippen LogP contribution is -2.48. The number of aliphatic hydroxyl groups is 1. The van der Waals surface area contributed by atoms with Gasteiger partial charge < -0.3 is 21.1 Å². The molecule has 9 nitrogen and oxygen atoms in total. The van der Waals surface area contributed by atoms with Gasteiger partial charge >= 0.3 is 0 Å². The number of pyridine rings is 1. The maximum Gasteiger partial charge on any atom is 0.251 e. The van der Waals surface area contributed by atoms with Gasteiger partial charge in [-0.15, -0.1) is 0 Å². The number of nitrogens with one attached hydrogen (secondary N) is 1. The van der Waals surface area contributed by atoms with Gasteiger partial charge in [0.2, 0.25) is 5.95 Å². The number of alkyl halides is 2. The molecular weight excluding hydrogens is 478 g/mol. The third-order valence-corrected chi connectivity index (χ3v) is 6.81. The number of benzene rings is 1. The zero-order valence-corrected chi connectivity index (χ0v) is 20.9. The minimum absolute atomic E-state index is 0.00212. The van der Waals surface area contributed by atoms with Gasteiger partial charge in [-0.3, -0.25) is 9.67 Å². The fourth-order valence-electron chi connectivity index (χ4n) is 4.86. The number of nitrogens with two attached hydrogens (primary N) is 1. The second-order valence-electron chi connectivity index (χ2n) is 9.66. The highest BCUT2D eigenvalue weighted by molar-refractivity contribution is 5.87. The summed E-state index contributed by atoms with van der Waals surface area (Å²) < 4.78 is 28.2. The SMILES string of the molecule is CCCCN(CCO)c1nc(N)nc2cn(Cc3ccc(CNC4CC(F)(F)C4)c4cccnc34)nc12. The van der Waals surface area contributed by atoms with Crippen molar-refractivity contribution < 1.29 is 13.9 Å². The van der Waals surface area contributed by atoms with Crippen LogP contribution in [-0.4, -0.2) is 61.5 Å². The van der Waals surface area contributed by atoms with Crippen LogP contribution in [0.1, 0.15) is 43.7 Å². The summed E-state index contributed by atoms with van der Waals surface area (Å²) in [6.45, 7) is 4.24. The molecule has 4 N–H and O–H groups in total. The van der Waals surface area contributed by atoms with E-state index in [-0.39, 0.29) is 31.4 Å². The van der Waals surface area contributed by atoms with Crippen LogP contribution in [0.3, 0.4) is 0 Å². The van der Waals surface area contributed by atoms with Crippen molar-refractivity contribution >= 4 is 33.7 Å². The molecule has 4 aromatic rings. The Balaban J connectivity index is 1.42. The Labute approximate surface area is 213 Å². The van der Waals surface area contributed by atoms with Crippen molar-refractivity contribution in [1.29, 1.82) is 0 Å². The molecule has 5 rings (SSSR count). The number of hydrogen-bond acceptors (Lipinski definition) is 8. The van der Waals surface area contributed by atoms with E-state index in [1.54, 1.807) is 10.9 Å². The molecule has 37 heavy (non-hydrogen) atoms. The summed E-state index contributed by atoms with van der Waals surface area (Å²) in [6, 6.07) is 7.75. The van der Waals surface area contributed by atoms with E-state index in [4.69, 9.17) is 10.8 Å². The van der Waals surface area contributed by atoms with Gasteiger partial charge in [0.25, 0.3) is 5.92 Å². The summed E-state index contributed by atoms with van der Waals surface area (Å²) in [6.07, 6.45) is 5.33. The fraction of sp³-hybridized carbons (Fsp3) is 0.462. The number of rotatable bonds is 11. The first-order valence-corrected chi connectivity index (χ1v) is 12.7. The molecule has 0 saturated heterocycles. The van der Waals surface area contributed by atoms with Crippen molar-refractivity contribution in [1.82, 2.24) is 30.0 Å². The first kappa shape index (κ1) is 25.2. The Morgan fingerprint density at radius 1 is 1.16 bits per heavy atom. The van der Waals surface area contributed by atoms with Crippen LogP contribution < -0.4 is 16.0 Å². The number of anilines is 2. The molecule has 0 spiro atoms. The minimum atomic E-state index is -2.54. The molecule has 3 aromatic heterocycles. The van der Waals surface area contributed by atoms with E-state index in [0.29, 0.717) is 36.5 Å². The van der Waals surface area contributed by atoms with Crippen molar-refractivity contribution in [2.24, 2.45) is 0 Å². The number of nitrogens with zero attached hydrogens (tertiary/aromatic N) is 6. The maximum absolute atomic E-state index is 13.2. The van der Waals surface area contributed by atoms with Crippen LogP contribution in [-0.2, 0) is 13.1 Å². The molecule has 0 radical (unpaired) electrons. The Morgan fingerprint density at radius 2 is 1.97 bits per heavy atom. The van der Waals surface area contributed by atoms with Crippen LogP contribution in [0, 0.1) is 0 Å². The van der Waals surface area contributed by atoms with Crippen LogP contribution in [0.15, 0.2) is 36.7 Å². The Morgan fingerprint density at radius 3 is 2.73 bits per heavy atom. The third kappa shape index (κ3) is 5.47.